The van der Waals surface area contributed by atoms with Crippen molar-refractivity contribution in [2.24, 2.45) is 0 Å². The van der Waals surface area contributed by atoms with Crippen molar-refractivity contribution >= 4 is 45.7 Å². The minimum Gasteiger partial charge on any atom is -0.506 e. The molecule has 0 amide bonds. The lowest BCUT2D eigenvalue weighted by molar-refractivity contribution is 0.0697. The van der Waals surface area contributed by atoms with E-state index in [0.717, 1.165) is 5.56 Å². The molecule has 20 heavy (non-hydrogen) atoms. The van der Waals surface area contributed by atoms with Gasteiger partial charge in [-0.05, 0) is 45.8 Å². The summed E-state index contributed by atoms with van der Waals surface area (Å²) in [7, 11) is 0. The number of carbonyl (C=O) groups is 1. The lowest BCUT2D eigenvalue weighted by Gasteiger charge is -2.03. The van der Waals surface area contributed by atoms with Gasteiger partial charge in [-0.15, -0.1) is 0 Å². The molecule has 2 N–H and O–H groups in total. The maximum Gasteiger partial charge on any atom is 0.335 e. The van der Waals surface area contributed by atoms with E-state index in [1.807, 2.05) is 0 Å². The molecule has 0 aliphatic heterocycles. The quantitative estimate of drug-likeness (QED) is 0.788. The minimum absolute atomic E-state index is 0.104. The molecule has 2 aromatic rings. The second-order valence-corrected chi connectivity index (χ2v) is 5.38. The third-order valence-corrected chi connectivity index (χ3v) is 3.49. The number of phenols is 1. The van der Waals surface area contributed by atoms with Crippen LogP contribution < -0.4 is 0 Å². The summed E-state index contributed by atoms with van der Waals surface area (Å²) in [5.74, 6) is -0.857. The first-order valence-corrected chi connectivity index (χ1v) is 6.84. The number of aromatic carboxylic acids is 1. The molecule has 0 atom stereocenters. The number of carboxylic acids is 1. The van der Waals surface area contributed by atoms with Crippen molar-refractivity contribution in [3.05, 3.63) is 62.6 Å². The van der Waals surface area contributed by atoms with Gasteiger partial charge in [0.25, 0.3) is 0 Å². The van der Waals surface area contributed by atoms with Crippen molar-refractivity contribution in [3.63, 3.8) is 0 Å². The molecule has 0 fully saturated rings. The third-order valence-electron chi connectivity index (χ3n) is 2.67. The van der Waals surface area contributed by atoms with Gasteiger partial charge >= 0.3 is 5.97 Å². The predicted octanol–water partition coefficient (Wildman–Crippen LogP) is 4.68. The SMILES string of the molecule is O=C(O)c1ccc(C=Cc2cc(Cl)cc(Br)c2O)cc1. The zero-order chi connectivity index (χ0) is 14.7. The van der Waals surface area contributed by atoms with Crippen molar-refractivity contribution in [2.45, 2.75) is 0 Å². The summed E-state index contributed by atoms with van der Waals surface area (Å²) in [6.07, 6.45) is 3.48. The molecule has 3 nitrogen and oxygen atoms in total. The molecule has 5 heteroatoms. The predicted molar refractivity (Wildman–Crippen MR) is 83.1 cm³/mol. The van der Waals surface area contributed by atoms with Crippen molar-refractivity contribution in [3.8, 4) is 5.75 Å². The van der Waals surface area contributed by atoms with Crippen LogP contribution in [0, 0.1) is 0 Å². The Morgan fingerprint density at radius 3 is 2.40 bits per heavy atom. The highest BCUT2D eigenvalue weighted by molar-refractivity contribution is 9.10. The van der Waals surface area contributed by atoms with Gasteiger partial charge in [0.05, 0.1) is 10.0 Å². The number of carboxylic acid groups (broad SMARTS) is 1. The lowest BCUT2D eigenvalue weighted by Crippen LogP contribution is -1.94. The highest BCUT2D eigenvalue weighted by Gasteiger charge is 2.05. The van der Waals surface area contributed by atoms with E-state index in [1.54, 1.807) is 36.4 Å². The van der Waals surface area contributed by atoms with Crippen LogP contribution in [0.2, 0.25) is 5.02 Å². The molecule has 0 spiro atoms. The van der Waals surface area contributed by atoms with E-state index < -0.39 is 5.97 Å². The first-order chi connectivity index (χ1) is 9.47. The third kappa shape index (κ3) is 3.40. The summed E-state index contributed by atoms with van der Waals surface area (Å²) in [6, 6.07) is 9.68. The van der Waals surface area contributed by atoms with Gasteiger partial charge in [-0.2, -0.15) is 0 Å². The van der Waals surface area contributed by atoms with Crippen LogP contribution in [-0.4, -0.2) is 16.2 Å². The Labute approximate surface area is 129 Å². The molecular formula is C15H10BrClO3. The standard InChI is InChI=1S/C15H10BrClO3/c16-13-8-12(17)7-11(14(13)18)6-3-9-1-4-10(5-2-9)15(19)20/h1-8,18H,(H,19,20). The topological polar surface area (TPSA) is 57.5 Å². The van der Waals surface area contributed by atoms with E-state index in [0.29, 0.717) is 15.1 Å². The fraction of sp³-hybridized carbons (Fsp3) is 0. The summed E-state index contributed by atoms with van der Waals surface area (Å²) in [4.78, 5) is 10.7. The molecule has 0 aliphatic carbocycles. The van der Waals surface area contributed by atoms with Gasteiger partial charge < -0.3 is 10.2 Å². The number of hydrogen-bond acceptors (Lipinski definition) is 2. The van der Waals surface area contributed by atoms with Crippen LogP contribution in [0.4, 0.5) is 0 Å². The first kappa shape index (κ1) is 14.6. The molecule has 2 rings (SSSR count). The molecule has 0 bridgehead atoms. The normalized spacial score (nSPS) is 10.9. The molecular weight excluding hydrogens is 344 g/mol. The van der Waals surface area contributed by atoms with Crippen molar-refractivity contribution in [1.29, 1.82) is 0 Å². The van der Waals surface area contributed by atoms with E-state index in [4.69, 9.17) is 16.7 Å². The summed E-state index contributed by atoms with van der Waals surface area (Å²) in [6.45, 7) is 0. The Kier molecular flexibility index (Phi) is 4.47. The zero-order valence-corrected chi connectivity index (χ0v) is 12.5. The molecule has 2 aromatic carbocycles. The largest absolute Gasteiger partial charge is 0.506 e. The Morgan fingerprint density at radius 1 is 1.15 bits per heavy atom. The number of benzene rings is 2. The second-order valence-electron chi connectivity index (χ2n) is 4.09. The summed E-state index contributed by atoms with van der Waals surface area (Å²) in [5, 5.41) is 19.2. The van der Waals surface area contributed by atoms with Crippen LogP contribution in [0.25, 0.3) is 12.2 Å². The van der Waals surface area contributed by atoms with E-state index >= 15 is 0 Å². The lowest BCUT2D eigenvalue weighted by atomic mass is 10.1. The Bertz CT molecular complexity index is 678. The van der Waals surface area contributed by atoms with Crippen molar-refractivity contribution in [2.75, 3.05) is 0 Å². The van der Waals surface area contributed by atoms with E-state index in [2.05, 4.69) is 15.9 Å². The molecule has 0 heterocycles. The highest BCUT2D eigenvalue weighted by Crippen LogP contribution is 2.32. The molecule has 102 valence electrons. The van der Waals surface area contributed by atoms with Crippen LogP contribution in [0.3, 0.4) is 0 Å². The second kappa shape index (κ2) is 6.11. The highest BCUT2D eigenvalue weighted by atomic mass is 79.9. The van der Waals surface area contributed by atoms with Gasteiger partial charge in [-0.1, -0.05) is 35.9 Å². The molecule has 0 aliphatic rings. The smallest absolute Gasteiger partial charge is 0.335 e. The average molecular weight is 354 g/mol. The van der Waals surface area contributed by atoms with Gasteiger partial charge in [-0.3, -0.25) is 0 Å². The van der Waals surface area contributed by atoms with Crippen molar-refractivity contribution < 1.29 is 15.0 Å². The Balaban J connectivity index is 2.27. The van der Waals surface area contributed by atoms with Crippen LogP contribution in [-0.2, 0) is 0 Å². The number of rotatable bonds is 3. The van der Waals surface area contributed by atoms with Gasteiger partial charge in [0.15, 0.2) is 0 Å². The monoisotopic (exact) mass is 352 g/mol. The number of phenolic OH excluding ortho intramolecular Hbond substituents is 1. The number of hydrogen-bond donors (Lipinski definition) is 2. The van der Waals surface area contributed by atoms with Gasteiger partial charge in [-0.25, -0.2) is 4.79 Å². The fourth-order valence-electron chi connectivity index (χ4n) is 1.64. The van der Waals surface area contributed by atoms with Crippen LogP contribution in [0.15, 0.2) is 40.9 Å². The molecule has 0 saturated heterocycles. The van der Waals surface area contributed by atoms with Crippen LogP contribution in [0.1, 0.15) is 21.5 Å². The van der Waals surface area contributed by atoms with E-state index in [1.165, 1.54) is 12.1 Å². The van der Waals surface area contributed by atoms with Gasteiger partial charge in [0.1, 0.15) is 5.75 Å². The molecule has 0 aromatic heterocycles. The van der Waals surface area contributed by atoms with E-state index in [9.17, 15) is 9.90 Å². The summed E-state index contributed by atoms with van der Waals surface area (Å²) >= 11 is 9.13. The van der Waals surface area contributed by atoms with Crippen molar-refractivity contribution in [1.82, 2.24) is 0 Å². The Hall–Kier alpha value is -1.78. The maximum atomic E-state index is 10.7. The summed E-state index contributed by atoms with van der Waals surface area (Å²) < 4.78 is 0.519. The van der Waals surface area contributed by atoms with Gasteiger partial charge in [0.2, 0.25) is 0 Å². The zero-order valence-electron chi connectivity index (χ0n) is 10.2. The maximum absolute atomic E-state index is 10.7. The molecule has 0 unspecified atom stereocenters. The van der Waals surface area contributed by atoms with Crippen LogP contribution >= 0.6 is 27.5 Å². The first-order valence-electron chi connectivity index (χ1n) is 5.67. The number of aromatic hydroxyl groups is 1. The summed E-state index contributed by atoms with van der Waals surface area (Å²) in [5.41, 5.74) is 1.63. The Morgan fingerprint density at radius 2 is 1.80 bits per heavy atom. The average Bonchev–Trinajstić information content (AvgIpc) is 2.41. The molecule has 0 radical (unpaired) electrons. The molecule has 0 saturated carbocycles. The number of halogens is 2. The van der Waals surface area contributed by atoms with E-state index in [-0.39, 0.29) is 11.3 Å². The van der Waals surface area contributed by atoms with Gasteiger partial charge in [0, 0.05) is 10.6 Å². The fourth-order valence-corrected chi connectivity index (χ4v) is 2.47. The van der Waals surface area contributed by atoms with Crippen LogP contribution in [0.5, 0.6) is 5.75 Å². The minimum atomic E-state index is -0.961.